The number of aliphatic hydroxyl groups excluding tert-OH is 1. The summed E-state index contributed by atoms with van der Waals surface area (Å²) in [7, 11) is 0. The van der Waals surface area contributed by atoms with E-state index in [1.54, 1.807) is 0 Å². The second kappa shape index (κ2) is 7.98. The second-order valence-corrected chi connectivity index (χ2v) is 7.39. The van der Waals surface area contributed by atoms with Crippen molar-refractivity contribution in [2.75, 3.05) is 18.5 Å². The Bertz CT molecular complexity index is 994. The minimum Gasteiger partial charge on any atom is -0.395 e. The van der Waals surface area contributed by atoms with Gasteiger partial charge in [0.25, 0.3) is 0 Å². The second-order valence-electron chi connectivity index (χ2n) is 7.39. The SMILES string of the molecule is Cc1ccc2c(-c3cnn(C(CC#N)C4CCCC4)c3)nc(NCCO)nn12. The van der Waals surface area contributed by atoms with Crippen LogP contribution in [0, 0.1) is 24.2 Å². The van der Waals surface area contributed by atoms with Gasteiger partial charge in [0.1, 0.15) is 5.69 Å². The zero-order valence-corrected chi connectivity index (χ0v) is 16.0. The van der Waals surface area contributed by atoms with E-state index in [1.807, 2.05) is 40.6 Å². The topological polar surface area (TPSA) is 104 Å². The molecule has 0 bridgehead atoms. The van der Waals surface area contributed by atoms with Crippen LogP contribution in [-0.2, 0) is 0 Å². The maximum absolute atomic E-state index is 9.30. The summed E-state index contributed by atoms with van der Waals surface area (Å²) in [5, 5.41) is 30.5. The molecule has 1 aliphatic carbocycles. The molecule has 0 spiro atoms. The highest BCUT2D eigenvalue weighted by molar-refractivity contribution is 5.77. The molecular weight excluding hydrogens is 354 g/mol. The number of nitrogens with one attached hydrogen (secondary N) is 1. The van der Waals surface area contributed by atoms with Gasteiger partial charge in [-0.1, -0.05) is 12.8 Å². The van der Waals surface area contributed by atoms with E-state index in [-0.39, 0.29) is 12.6 Å². The standard InChI is InChI=1S/C20H25N7O/c1-14-6-7-18-19(24-20(22-10-11-28)25-27(14)18)16-12-23-26(13-16)17(8-9-21)15-4-2-3-5-15/h6-7,12-13,15,17,28H,2-5,8,10-11H2,1H3,(H,22,25). The Morgan fingerprint density at radius 1 is 1.36 bits per heavy atom. The van der Waals surface area contributed by atoms with Gasteiger partial charge in [-0.25, -0.2) is 9.50 Å². The maximum Gasteiger partial charge on any atom is 0.241 e. The van der Waals surface area contributed by atoms with Crippen LogP contribution < -0.4 is 5.32 Å². The first kappa shape index (κ1) is 18.4. The zero-order chi connectivity index (χ0) is 19.5. The third kappa shape index (κ3) is 3.45. The van der Waals surface area contributed by atoms with Crippen LogP contribution in [0.1, 0.15) is 43.8 Å². The van der Waals surface area contributed by atoms with Gasteiger partial charge in [0, 0.05) is 24.0 Å². The minimum absolute atomic E-state index is 0.0105. The molecule has 0 amide bonds. The lowest BCUT2D eigenvalue weighted by Crippen LogP contribution is -2.17. The molecular formula is C20H25N7O. The van der Waals surface area contributed by atoms with Crippen LogP contribution in [0.4, 0.5) is 5.95 Å². The maximum atomic E-state index is 9.30. The number of hydrogen-bond acceptors (Lipinski definition) is 6. The van der Waals surface area contributed by atoms with Crippen molar-refractivity contribution in [3.05, 3.63) is 30.2 Å². The average molecular weight is 379 g/mol. The molecule has 146 valence electrons. The Labute approximate surface area is 163 Å². The van der Waals surface area contributed by atoms with E-state index in [4.69, 9.17) is 5.11 Å². The van der Waals surface area contributed by atoms with Gasteiger partial charge < -0.3 is 10.4 Å². The number of fused-ring (bicyclic) bond motifs is 1. The average Bonchev–Trinajstić information content (AvgIpc) is 3.46. The molecule has 3 aromatic rings. The summed E-state index contributed by atoms with van der Waals surface area (Å²) in [4.78, 5) is 4.67. The predicted molar refractivity (Wildman–Crippen MR) is 106 cm³/mol. The lowest BCUT2D eigenvalue weighted by Gasteiger charge is -2.21. The van der Waals surface area contributed by atoms with Gasteiger partial charge in [0.05, 0.1) is 36.9 Å². The lowest BCUT2D eigenvalue weighted by molar-refractivity contribution is 0.310. The van der Waals surface area contributed by atoms with Crippen molar-refractivity contribution in [1.82, 2.24) is 24.4 Å². The Morgan fingerprint density at radius 3 is 2.93 bits per heavy atom. The predicted octanol–water partition coefficient (Wildman–Crippen LogP) is 2.95. The molecule has 28 heavy (non-hydrogen) atoms. The molecule has 3 aromatic heterocycles. The Hall–Kier alpha value is -2.92. The first-order valence-electron chi connectivity index (χ1n) is 9.84. The summed E-state index contributed by atoms with van der Waals surface area (Å²) in [6, 6.07) is 6.45. The third-order valence-electron chi connectivity index (χ3n) is 5.55. The Balaban J connectivity index is 1.73. The van der Waals surface area contributed by atoms with Gasteiger partial charge in [0.15, 0.2) is 0 Å². The molecule has 1 atom stereocenters. The van der Waals surface area contributed by atoms with Crippen LogP contribution in [-0.4, -0.2) is 42.6 Å². The first-order valence-corrected chi connectivity index (χ1v) is 9.84. The summed E-state index contributed by atoms with van der Waals surface area (Å²) in [5.74, 6) is 0.975. The Morgan fingerprint density at radius 2 is 2.18 bits per heavy atom. The van der Waals surface area contributed by atoms with E-state index in [0.29, 0.717) is 24.8 Å². The number of hydrogen-bond donors (Lipinski definition) is 2. The zero-order valence-electron chi connectivity index (χ0n) is 16.0. The largest absolute Gasteiger partial charge is 0.395 e. The van der Waals surface area contributed by atoms with Crippen LogP contribution in [0.2, 0.25) is 0 Å². The number of nitriles is 1. The van der Waals surface area contributed by atoms with Crippen LogP contribution in [0.15, 0.2) is 24.5 Å². The van der Waals surface area contributed by atoms with Gasteiger partial charge in [-0.05, 0) is 37.8 Å². The highest BCUT2D eigenvalue weighted by Crippen LogP contribution is 2.36. The van der Waals surface area contributed by atoms with E-state index in [9.17, 15) is 5.26 Å². The molecule has 1 fully saturated rings. The molecule has 8 heteroatoms. The van der Waals surface area contributed by atoms with E-state index in [2.05, 4.69) is 26.6 Å². The number of rotatable bonds is 7. The lowest BCUT2D eigenvalue weighted by atomic mass is 9.96. The molecule has 0 saturated heterocycles. The number of aromatic nitrogens is 5. The van der Waals surface area contributed by atoms with Gasteiger partial charge >= 0.3 is 0 Å². The molecule has 0 aliphatic heterocycles. The van der Waals surface area contributed by atoms with Crippen molar-refractivity contribution >= 4 is 11.5 Å². The van der Waals surface area contributed by atoms with Gasteiger partial charge in [0.2, 0.25) is 5.95 Å². The fraction of sp³-hybridized carbons (Fsp3) is 0.500. The molecule has 3 heterocycles. The molecule has 8 nitrogen and oxygen atoms in total. The number of nitrogens with zero attached hydrogens (tertiary/aromatic N) is 6. The van der Waals surface area contributed by atoms with Gasteiger partial charge in [-0.3, -0.25) is 4.68 Å². The van der Waals surface area contributed by atoms with E-state index >= 15 is 0 Å². The van der Waals surface area contributed by atoms with Crippen LogP contribution >= 0.6 is 0 Å². The molecule has 0 radical (unpaired) electrons. The summed E-state index contributed by atoms with van der Waals surface area (Å²) in [6.45, 7) is 2.39. The Kier molecular flexibility index (Phi) is 5.26. The fourth-order valence-electron chi connectivity index (χ4n) is 4.13. The number of anilines is 1. The highest BCUT2D eigenvalue weighted by atomic mass is 16.3. The van der Waals surface area contributed by atoms with Crippen LogP contribution in [0.3, 0.4) is 0 Å². The van der Waals surface area contributed by atoms with Crippen molar-refractivity contribution in [2.45, 2.75) is 45.1 Å². The molecule has 0 aromatic carbocycles. The molecule has 1 unspecified atom stereocenters. The van der Waals surface area contributed by atoms with Gasteiger partial charge in [-0.15, -0.1) is 5.10 Å². The highest BCUT2D eigenvalue weighted by Gasteiger charge is 2.27. The van der Waals surface area contributed by atoms with Crippen molar-refractivity contribution in [1.29, 1.82) is 5.26 Å². The quantitative estimate of drug-likeness (QED) is 0.654. The van der Waals surface area contributed by atoms with Crippen LogP contribution in [0.25, 0.3) is 16.8 Å². The van der Waals surface area contributed by atoms with E-state index in [1.165, 1.54) is 12.8 Å². The minimum atomic E-state index is 0.0105. The molecule has 2 N–H and O–H groups in total. The van der Waals surface area contributed by atoms with E-state index in [0.717, 1.165) is 35.3 Å². The smallest absolute Gasteiger partial charge is 0.241 e. The fourth-order valence-corrected chi connectivity index (χ4v) is 4.13. The summed E-state index contributed by atoms with van der Waals surface area (Å²) >= 11 is 0. The summed E-state index contributed by atoms with van der Waals surface area (Å²) in [6.07, 6.45) is 9.07. The van der Waals surface area contributed by atoms with Crippen molar-refractivity contribution in [2.24, 2.45) is 5.92 Å². The molecule has 1 aliphatic rings. The molecule has 4 rings (SSSR count). The first-order chi connectivity index (χ1) is 13.7. The van der Waals surface area contributed by atoms with Crippen molar-refractivity contribution in [3.63, 3.8) is 0 Å². The van der Waals surface area contributed by atoms with Crippen molar-refractivity contribution < 1.29 is 5.11 Å². The summed E-state index contributed by atoms with van der Waals surface area (Å²) < 4.78 is 3.80. The van der Waals surface area contributed by atoms with Crippen molar-refractivity contribution in [3.8, 4) is 17.3 Å². The number of aliphatic hydroxyl groups is 1. The third-order valence-corrected chi connectivity index (χ3v) is 5.55. The van der Waals surface area contributed by atoms with Crippen LogP contribution in [0.5, 0.6) is 0 Å². The van der Waals surface area contributed by atoms with E-state index < -0.39 is 0 Å². The number of aryl methyl sites for hydroxylation is 1. The monoisotopic (exact) mass is 379 g/mol. The molecule has 1 saturated carbocycles. The normalized spacial score (nSPS) is 15.8. The van der Waals surface area contributed by atoms with Gasteiger partial charge in [-0.2, -0.15) is 10.4 Å². The summed E-state index contributed by atoms with van der Waals surface area (Å²) in [5.41, 5.74) is 3.60.